The Hall–Kier alpha value is -1.79. The normalized spacial score (nSPS) is 39.8. The lowest BCUT2D eigenvalue weighted by Crippen LogP contribution is -2.51. The molecule has 2 aliphatic rings. The van der Waals surface area contributed by atoms with Gasteiger partial charge in [-0.1, -0.05) is 27.5 Å². The maximum atomic E-state index is 13.6. The fourth-order valence-electron chi connectivity index (χ4n) is 3.98. The molecule has 2 heterocycles. The number of hydrogen-bond donors (Lipinski definition) is 1. The van der Waals surface area contributed by atoms with E-state index in [9.17, 15) is 6.17 Å². The quantitative estimate of drug-likeness (QED) is 0.663. The van der Waals surface area contributed by atoms with Gasteiger partial charge in [0.15, 0.2) is 11.5 Å². The molecule has 0 saturated carbocycles. The molecule has 2 N–H and O–H groups in total. The Kier molecular flexibility index (Phi) is 3.26. The molecule has 0 aliphatic carbocycles. The SMILES string of the molecule is [2H]C1(OC(=O)[C@@]([2H])(N)C([2H])(C([2H])([2H])[2H])C([2H])([2H])[2H])CC2c3cc(OC)c(OC)cc3CCN2CC1C([2H])([2H])C([2H])(C)C([2H])([2H])[2H]. The summed E-state index contributed by atoms with van der Waals surface area (Å²) in [5.74, 6) is -10.1. The van der Waals surface area contributed by atoms with Crippen LogP contribution < -0.4 is 15.2 Å². The van der Waals surface area contributed by atoms with Gasteiger partial charge in [-0.3, -0.25) is 9.69 Å². The highest BCUT2D eigenvalue weighted by Gasteiger charge is 2.41. The van der Waals surface area contributed by atoms with Crippen molar-refractivity contribution < 1.29 is 39.6 Å². The Morgan fingerprint density at radius 2 is 2.10 bits per heavy atom. The average Bonchev–Trinajstić information content (AvgIpc) is 2.88. The number of piperidine rings is 1. The third-order valence-corrected chi connectivity index (χ3v) is 5.42. The summed E-state index contributed by atoms with van der Waals surface area (Å²) in [5.41, 5.74) is 7.03. The van der Waals surface area contributed by atoms with Gasteiger partial charge in [0.05, 0.1) is 17.0 Å². The molecular weight excluding hydrogens is 380 g/mol. The summed E-state index contributed by atoms with van der Waals surface area (Å²) < 4.78 is 138. The summed E-state index contributed by atoms with van der Waals surface area (Å²) in [4.78, 5) is 15.3. The molecule has 5 atom stereocenters. The Morgan fingerprint density at radius 3 is 2.77 bits per heavy atom. The van der Waals surface area contributed by atoms with Crippen LogP contribution in [-0.2, 0) is 16.0 Å². The van der Waals surface area contributed by atoms with E-state index in [1.807, 2.05) is 0 Å². The van der Waals surface area contributed by atoms with Gasteiger partial charge in [-0.2, -0.15) is 0 Å². The second-order valence-corrected chi connectivity index (χ2v) is 7.34. The first-order chi connectivity index (χ1) is 20.0. The minimum Gasteiger partial charge on any atom is -0.493 e. The average molecular weight is 434 g/mol. The third kappa shape index (κ3) is 4.75. The number of esters is 1. The first-order valence-electron chi connectivity index (χ1n) is 17.1. The zero-order valence-corrected chi connectivity index (χ0v) is 17.3. The Bertz CT molecular complexity index is 1280. The van der Waals surface area contributed by atoms with Gasteiger partial charge in [0.25, 0.3) is 0 Å². The lowest BCUT2D eigenvalue weighted by Gasteiger charge is -2.47. The number of methoxy groups -OCH3 is 2. The van der Waals surface area contributed by atoms with E-state index in [0.717, 1.165) is 12.5 Å². The molecule has 0 spiro atoms. The molecule has 0 amide bonds. The van der Waals surface area contributed by atoms with Crippen LogP contribution in [0.1, 0.15) is 78.0 Å². The van der Waals surface area contributed by atoms with Crippen molar-refractivity contribution >= 4 is 5.97 Å². The Morgan fingerprint density at radius 1 is 1.37 bits per heavy atom. The third-order valence-electron chi connectivity index (χ3n) is 5.42. The molecule has 6 nitrogen and oxygen atoms in total. The summed E-state index contributed by atoms with van der Waals surface area (Å²) in [5, 5.41) is 0. The topological polar surface area (TPSA) is 74.0 Å². The second kappa shape index (κ2) is 9.56. The van der Waals surface area contributed by atoms with E-state index in [4.69, 9.17) is 39.1 Å². The van der Waals surface area contributed by atoms with Crippen LogP contribution >= 0.6 is 0 Å². The molecule has 1 saturated heterocycles. The van der Waals surface area contributed by atoms with Gasteiger partial charge in [-0.05, 0) is 47.8 Å². The van der Waals surface area contributed by atoms with Gasteiger partial charge in [0.2, 0.25) is 0 Å². The standard InChI is InChI=1S/C24H38N2O4/c1-14(2)9-17-13-26-8-7-16-10-21(28-5)22(29-6)11-18(16)19(26)12-20(17)30-24(27)23(25)15(3)4/h10-11,14-15,17,19-20,23H,7-9,12-13,25H2,1-6H3/t17?,19?,20?,23-/m0/s1/i1D3,3D3,4D3,9D2,14D,15D,20D,23D/t14?,17?,19?,20?,23-. The molecule has 3 rings (SSSR count). The number of nitrogens with zero attached hydrogens (tertiary/aromatic N) is 1. The maximum Gasteiger partial charge on any atom is 0.323 e. The van der Waals surface area contributed by atoms with Gasteiger partial charge < -0.3 is 19.9 Å². The summed E-state index contributed by atoms with van der Waals surface area (Å²) >= 11 is 0. The van der Waals surface area contributed by atoms with Crippen molar-refractivity contribution in [3.63, 3.8) is 0 Å². The predicted octanol–water partition coefficient (Wildman–Crippen LogP) is 3.56. The molecule has 0 aromatic heterocycles. The Balaban J connectivity index is 2.22. The lowest BCUT2D eigenvalue weighted by molar-refractivity contribution is -0.160. The van der Waals surface area contributed by atoms with Crippen molar-refractivity contribution in [1.82, 2.24) is 4.90 Å². The fourth-order valence-corrected chi connectivity index (χ4v) is 3.98. The smallest absolute Gasteiger partial charge is 0.323 e. The van der Waals surface area contributed by atoms with Crippen molar-refractivity contribution in [1.29, 1.82) is 0 Å². The van der Waals surface area contributed by atoms with Crippen LogP contribution in [0, 0.1) is 17.7 Å². The van der Waals surface area contributed by atoms with E-state index in [1.165, 1.54) is 14.2 Å². The van der Waals surface area contributed by atoms with Crippen LogP contribution in [0.25, 0.3) is 0 Å². The highest BCUT2D eigenvalue weighted by atomic mass is 16.5. The zero-order chi connectivity index (χ0) is 35.0. The van der Waals surface area contributed by atoms with Crippen LogP contribution in [0.5, 0.6) is 11.5 Å². The van der Waals surface area contributed by atoms with Crippen LogP contribution in [0.3, 0.4) is 0 Å². The van der Waals surface area contributed by atoms with E-state index in [1.54, 1.807) is 17.0 Å². The second-order valence-electron chi connectivity index (χ2n) is 7.34. The maximum absolute atomic E-state index is 13.6. The number of rotatable bonds is 7. The first-order valence-corrected chi connectivity index (χ1v) is 9.56. The molecule has 1 aromatic carbocycles. The van der Waals surface area contributed by atoms with Gasteiger partial charge in [-0.25, -0.2) is 0 Å². The largest absolute Gasteiger partial charge is 0.493 e. The monoisotopic (exact) mass is 433 g/mol. The first kappa shape index (κ1) is 10.2. The molecule has 0 bridgehead atoms. The number of benzene rings is 1. The predicted molar refractivity (Wildman–Crippen MR) is 118 cm³/mol. The van der Waals surface area contributed by atoms with Crippen molar-refractivity contribution in [3.8, 4) is 11.5 Å². The van der Waals surface area contributed by atoms with Crippen LogP contribution in [0.2, 0.25) is 0 Å². The summed E-state index contributed by atoms with van der Waals surface area (Å²) in [6.07, 6.45) is -6.12. The van der Waals surface area contributed by atoms with Crippen LogP contribution in [0.15, 0.2) is 12.1 Å². The number of carbonyl (C=O) groups is 1. The Labute approximate surface area is 202 Å². The number of fused-ring (bicyclic) bond motifs is 3. The summed E-state index contributed by atoms with van der Waals surface area (Å²) in [6, 6.07) is -1.32. The van der Waals surface area contributed by atoms with Gasteiger partial charge in [0.1, 0.15) is 12.1 Å². The lowest BCUT2D eigenvalue weighted by atomic mass is 9.79. The minimum absolute atomic E-state index is 0.277. The van der Waals surface area contributed by atoms with E-state index in [0.29, 0.717) is 23.5 Å². The van der Waals surface area contributed by atoms with Gasteiger partial charge >= 0.3 is 5.97 Å². The van der Waals surface area contributed by atoms with Crippen LogP contribution in [-0.4, -0.2) is 50.3 Å². The highest BCUT2D eigenvalue weighted by molar-refractivity contribution is 5.76. The van der Waals surface area contributed by atoms with E-state index >= 15 is 0 Å². The minimum atomic E-state index is -3.96. The molecule has 168 valence electrons. The van der Waals surface area contributed by atoms with Crippen molar-refractivity contribution in [2.24, 2.45) is 23.4 Å². The summed E-state index contributed by atoms with van der Waals surface area (Å²) in [6.45, 7) is -10.2. The molecule has 2 aliphatic heterocycles. The zero-order valence-electron chi connectivity index (χ0n) is 32.3. The number of ether oxygens (including phenoxy) is 3. The number of nitrogens with two attached hydrogens (primary N) is 1. The van der Waals surface area contributed by atoms with E-state index in [2.05, 4.69) is 0 Å². The molecule has 4 unspecified atom stereocenters. The van der Waals surface area contributed by atoms with Gasteiger partial charge in [0, 0.05) is 49.3 Å². The molecule has 30 heavy (non-hydrogen) atoms. The molecule has 1 fully saturated rings. The van der Waals surface area contributed by atoms with Crippen molar-refractivity contribution in [2.45, 2.75) is 64.8 Å². The molecule has 0 radical (unpaired) electrons. The number of hydrogen-bond acceptors (Lipinski definition) is 6. The fraction of sp³-hybridized carbons (Fsp3) is 0.708. The molecular formula is C24H38N2O4. The van der Waals surface area contributed by atoms with Gasteiger partial charge in [-0.15, -0.1) is 0 Å². The molecule has 6 heteroatoms. The van der Waals surface area contributed by atoms with E-state index < -0.39 is 81.7 Å². The van der Waals surface area contributed by atoms with E-state index in [-0.39, 0.29) is 6.54 Å². The van der Waals surface area contributed by atoms with Crippen molar-refractivity contribution in [3.05, 3.63) is 23.3 Å². The summed E-state index contributed by atoms with van der Waals surface area (Å²) in [7, 11) is 2.84. The highest BCUT2D eigenvalue weighted by Crippen LogP contribution is 2.44. The van der Waals surface area contributed by atoms with Crippen LogP contribution in [0.4, 0.5) is 0 Å². The molecule has 1 aromatic rings. The number of carbonyl (C=O) groups excluding carboxylic acids is 1. The van der Waals surface area contributed by atoms with Crippen molar-refractivity contribution in [2.75, 3.05) is 27.3 Å².